The molecule has 1 aromatic rings. The monoisotopic (exact) mass is 285 g/mol. The molecule has 3 rings (SSSR count). The van der Waals surface area contributed by atoms with Crippen molar-refractivity contribution in [2.75, 3.05) is 19.6 Å². The molecule has 0 atom stereocenters. The van der Waals surface area contributed by atoms with Crippen LogP contribution in [0.15, 0.2) is 30.6 Å². The molecule has 2 aliphatic rings. The number of aryl methyl sites for hydroxylation is 2. The lowest BCUT2D eigenvalue weighted by Crippen LogP contribution is -2.58. The molecule has 2 aliphatic heterocycles. The maximum atomic E-state index is 6.11. The van der Waals surface area contributed by atoms with E-state index < -0.39 is 0 Å². The van der Waals surface area contributed by atoms with Gasteiger partial charge in [-0.25, -0.2) is 0 Å². The lowest BCUT2D eigenvalue weighted by molar-refractivity contribution is 0.0139. The molecule has 2 N–H and O–H groups in total. The van der Waals surface area contributed by atoms with Crippen LogP contribution in [-0.2, 0) is 6.42 Å². The average Bonchev–Trinajstić information content (AvgIpc) is 2.92. The quantitative estimate of drug-likeness (QED) is 0.752. The van der Waals surface area contributed by atoms with Gasteiger partial charge in [-0.15, -0.1) is 0 Å². The molecular weight excluding hydrogens is 261 g/mol. The third-order valence-electron chi connectivity index (χ3n) is 4.11. The van der Waals surface area contributed by atoms with Gasteiger partial charge in [-0.2, -0.15) is 0 Å². The van der Waals surface area contributed by atoms with Crippen molar-refractivity contribution in [2.24, 2.45) is 0 Å². The van der Waals surface area contributed by atoms with Gasteiger partial charge in [-0.3, -0.25) is 4.90 Å². The third-order valence-corrected chi connectivity index (χ3v) is 4.11. The van der Waals surface area contributed by atoms with E-state index in [9.17, 15) is 0 Å². The van der Waals surface area contributed by atoms with E-state index in [2.05, 4.69) is 48.5 Å². The number of nitrogens with zero attached hydrogens (tertiary/aromatic N) is 1. The Hall–Kier alpha value is -1.62. The van der Waals surface area contributed by atoms with Gasteiger partial charge in [0.1, 0.15) is 25.9 Å². The van der Waals surface area contributed by atoms with Crippen molar-refractivity contribution < 1.29 is 4.74 Å². The van der Waals surface area contributed by atoms with Gasteiger partial charge in [0, 0.05) is 32.0 Å². The van der Waals surface area contributed by atoms with E-state index in [1.165, 1.54) is 17.4 Å². The van der Waals surface area contributed by atoms with Gasteiger partial charge in [-0.1, -0.05) is 18.5 Å². The number of hydrogen-bond donors (Lipinski definition) is 2. The van der Waals surface area contributed by atoms with Gasteiger partial charge < -0.3 is 15.4 Å². The van der Waals surface area contributed by atoms with Crippen LogP contribution in [0, 0.1) is 6.92 Å². The summed E-state index contributed by atoms with van der Waals surface area (Å²) < 4.78 is 6.11. The Kier molecular flexibility index (Phi) is 4.39. The molecule has 0 saturated carbocycles. The van der Waals surface area contributed by atoms with Crippen LogP contribution in [0.1, 0.15) is 11.1 Å². The molecule has 1 aromatic carbocycles. The first-order valence-corrected chi connectivity index (χ1v) is 7.90. The molecule has 2 heterocycles. The maximum absolute atomic E-state index is 6.11. The molecule has 0 amide bonds. The van der Waals surface area contributed by atoms with E-state index >= 15 is 0 Å². The average molecular weight is 285 g/mol. The van der Waals surface area contributed by atoms with E-state index in [4.69, 9.17) is 4.74 Å². The second kappa shape index (κ2) is 6.44. The van der Waals surface area contributed by atoms with Gasteiger partial charge >= 0.3 is 0 Å². The lowest BCUT2D eigenvalue weighted by Gasteiger charge is -2.40. The SMILES string of the molecule is BCCc1ccc(OC2CN(CC3NC=CN3)C2)c(C)c1. The first-order chi connectivity index (χ1) is 10.2. The van der Waals surface area contributed by atoms with E-state index in [1.54, 1.807) is 0 Å². The van der Waals surface area contributed by atoms with Crippen LogP contribution >= 0.6 is 0 Å². The van der Waals surface area contributed by atoms with Crippen LogP contribution in [0.2, 0.25) is 6.32 Å². The third kappa shape index (κ3) is 3.53. The number of ether oxygens (including phenoxy) is 1. The summed E-state index contributed by atoms with van der Waals surface area (Å²) in [6.07, 6.45) is 6.93. The molecule has 112 valence electrons. The fourth-order valence-corrected chi connectivity index (χ4v) is 2.95. The zero-order chi connectivity index (χ0) is 14.7. The summed E-state index contributed by atoms with van der Waals surface area (Å²) in [6, 6.07) is 6.58. The summed E-state index contributed by atoms with van der Waals surface area (Å²) in [4.78, 5) is 2.41. The van der Waals surface area contributed by atoms with E-state index in [0.717, 1.165) is 31.8 Å². The number of benzene rings is 1. The summed E-state index contributed by atoms with van der Waals surface area (Å²) >= 11 is 0. The second-order valence-electron chi connectivity index (χ2n) is 6.03. The standard InChI is InChI=1S/C16H24BN3O/c1-12-8-13(4-5-17)2-3-15(12)21-14-9-20(10-14)11-16-18-6-7-19-16/h2-3,6-8,14,16,18-19H,4-5,9-11,17H2,1H3. The molecule has 0 unspecified atom stereocenters. The van der Waals surface area contributed by atoms with Gasteiger partial charge in [0.2, 0.25) is 0 Å². The number of nitrogens with one attached hydrogen (secondary N) is 2. The van der Waals surface area contributed by atoms with Crippen molar-refractivity contribution in [3.8, 4) is 5.75 Å². The molecule has 0 spiro atoms. The van der Waals surface area contributed by atoms with Crippen molar-refractivity contribution >= 4 is 7.85 Å². The Morgan fingerprint density at radius 1 is 1.29 bits per heavy atom. The minimum atomic E-state index is 0.329. The molecule has 0 radical (unpaired) electrons. The highest BCUT2D eigenvalue weighted by Gasteiger charge is 2.30. The Morgan fingerprint density at radius 2 is 2.05 bits per heavy atom. The summed E-state index contributed by atoms with van der Waals surface area (Å²) in [5, 5.41) is 6.55. The molecule has 0 aromatic heterocycles. The van der Waals surface area contributed by atoms with Crippen molar-refractivity contribution in [1.82, 2.24) is 15.5 Å². The zero-order valence-corrected chi connectivity index (χ0v) is 12.9. The van der Waals surface area contributed by atoms with Crippen molar-refractivity contribution in [3.63, 3.8) is 0 Å². The second-order valence-corrected chi connectivity index (χ2v) is 6.03. The Morgan fingerprint density at radius 3 is 2.71 bits per heavy atom. The minimum Gasteiger partial charge on any atom is -0.487 e. The highest BCUT2D eigenvalue weighted by atomic mass is 16.5. The molecule has 5 heteroatoms. The van der Waals surface area contributed by atoms with Crippen molar-refractivity contribution in [2.45, 2.75) is 31.9 Å². The first-order valence-electron chi connectivity index (χ1n) is 7.90. The molecular formula is C16H24BN3O. The predicted molar refractivity (Wildman–Crippen MR) is 88.3 cm³/mol. The van der Waals surface area contributed by atoms with E-state index in [1.807, 2.05) is 12.4 Å². The van der Waals surface area contributed by atoms with Crippen LogP contribution in [0.3, 0.4) is 0 Å². The maximum Gasteiger partial charge on any atom is 0.124 e. The van der Waals surface area contributed by atoms with Crippen LogP contribution in [-0.4, -0.2) is 44.7 Å². The smallest absolute Gasteiger partial charge is 0.124 e. The lowest BCUT2D eigenvalue weighted by atomic mass is 9.96. The topological polar surface area (TPSA) is 36.5 Å². The van der Waals surface area contributed by atoms with Crippen LogP contribution in [0.25, 0.3) is 0 Å². The van der Waals surface area contributed by atoms with Gasteiger partial charge in [0.05, 0.1) is 0 Å². The highest BCUT2D eigenvalue weighted by Crippen LogP contribution is 2.23. The molecule has 1 saturated heterocycles. The fourth-order valence-electron chi connectivity index (χ4n) is 2.95. The molecule has 1 fully saturated rings. The summed E-state index contributed by atoms with van der Waals surface area (Å²) in [5.74, 6) is 1.04. The Bertz CT molecular complexity index is 506. The first kappa shape index (κ1) is 14.3. The van der Waals surface area contributed by atoms with Gasteiger partial charge in [-0.05, 0) is 30.5 Å². The zero-order valence-electron chi connectivity index (χ0n) is 12.9. The normalized spacial score (nSPS) is 19.1. The van der Waals surface area contributed by atoms with Gasteiger partial charge in [0.25, 0.3) is 0 Å². The Labute approximate surface area is 128 Å². The van der Waals surface area contributed by atoms with Crippen molar-refractivity contribution in [3.05, 3.63) is 41.7 Å². The predicted octanol–water partition coefficient (Wildman–Crippen LogP) is 0.642. The van der Waals surface area contributed by atoms with Crippen LogP contribution in [0.4, 0.5) is 0 Å². The van der Waals surface area contributed by atoms with Crippen LogP contribution < -0.4 is 15.4 Å². The summed E-state index contributed by atoms with van der Waals surface area (Å²) in [5.41, 5.74) is 2.66. The van der Waals surface area contributed by atoms with E-state index in [-0.39, 0.29) is 0 Å². The highest BCUT2D eigenvalue weighted by molar-refractivity contribution is 6.08. The minimum absolute atomic E-state index is 0.329. The largest absolute Gasteiger partial charge is 0.487 e. The Balaban J connectivity index is 1.45. The number of hydrogen-bond acceptors (Lipinski definition) is 4. The van der Waals surface area contributed by atoms with Crippen molar-refractivity contribution in [1.29, 1.82) is 0 Å². The van der Waals surface area contributed by atoms with Crippen LogP contribution in [0.5, 0.6) is 5.75 Å². The van der Waals surface area contributed by atoms with Gasteiger partial charge in [0.15, 0.2) is 0 Å². The summed E-state index contributed by atoms with van der Waals surface area (Å²) in [6.45, 7) is 5.18. The molecule has 0 aliphatic carbocycles. The number of rotatable bonds is 6. The molecule has 21 heavy (non-hydrogen) atoms. The molecule has 0 bridgehead atoms. The molecule has 4 nitrogen and oxygen atoms in total. The number of likely N-dealkylation sites (tertiary alicyclic amines) is 1. The summed E-state index contributed by atoms with van der Waals surface area (Å²) in [7, 11) is 2.21. The van der Waals surface area contributed by atoms with E-state index in [0.29, 0.717) is 12.3 Å². The fraction of sp³-hybridized carbons (Fsp3) is 0.500.